The Morgan fingerprint density at radius 2 is 1.69 bits per heavy atom. The van der Waals surface area contributed by atoms with Gasteiger partial charge in [-0.05, 0) is 60.2 Å². The summed E-state index contributed by atoms with van der Waals surface area (Å²) in [6.07, 6.45) is 0. The van der Waals surface area contributed by atoms with Gasteiger partial charge in [0.05, 0.1) is 15.8 Å². The number of nitrogens with one attached hydrogen (secondary N) is 1. The highest BCUT2D eigenvalue weighted by atomic mass is 35.5. The van der Waals surface area contributed by atoms with E-state index < -0.39 is 0 Å². The molecule has 5 nitrogen and oxygen atoms in total. The first-order chi connectivity index (χ1) is 15.3. The molecule has 1 N–H and O–H groups in total. The molecule has 1 aliphatic rings. The Balaban J connectivity index is 1.50. The monoisotopic (exact) mass is 485 g/mol. The molecule has 1 heterocycles. The normalized spacial score (nSPS) is 15.7. The summed E-state index contributed by atoms with van der Waals surface area (Å²) in [6.45, 7) is 0. The summed E-state index contributed by atoms with van der Waals surface area (Å²) in [5, 5.41) is 3.47. The average molecular weight is 486 g/mol. The SMILES string of the molecule is CN(C)c1ccc(N2C(=O)CS[C@H]2c2ccc(NC(=O)c3ccc(Cl)c(Cl)c3)cc2)cc1. The molecule has 0 saturated carbocycles. The van der Waals surface area contributed by atoms with E-state index in [1.165, 1.54) is 6.07 Å². The molecule has 4 rings (SSSR count). The maximum atomic E-state index is 12.6. The molecule has 0 aromatic heterocycles. The zero-order valence-electron chi connectivity index (χ0n) is 17.5. The molecule has 1 saturated heterocycles. The van der Waals surface area contributed by atoms with Gasteiger partial charge in [0.1, 0.15) is 5.37 Å². The molecule has 0 unspecified atom stereocenters. The van der Waals surface area contributed by atoms with Crippen LogP contribution in [0.5, 0.6) is 0 Å². The molecule has 1 aliphatic heterocycles. The molecule has 3 aromatic rings. The largest absolute Gasteiger partial charge is 0.378 e. The highest BCUT2D eigenvalue weighted by molar-refractivity contribution is 8.00. The number of hydrogen-bond donors (Lipinski definition) is 1. The molecule has 3 aromatic carbocycles. The van der Waals surface area contributed by atoms with E-state index in [4.69, 9.17) is 23.2 Å². The molecule has 164 valence electrons. The van der Waals surface area contributed by atoms with Gasteiger partial charge in [-0.25, -0.2) is 0 Å². The molecule has 1 fully saturated rings. The fourth-order valence-electron chi connectivity index (χ4n) is 3.43. The van der Waals surface area contributed by atoms with E-state index in [-0.39, 0.29) is 17.2 Å². The molecule has 0 aliphatic carbocycles. The third-order valence-electron chi connectivity index (χ3n) is 5.15. The highest BCUT2D eigenvalue weighted by Crippen LogP contribution is 2.42. The highest BCUT2D eigenvalue weighted by Gasteiger charge is 2.34. The number of carbonyl (C=O) groups excluding carboxylic acids is 2. The lowest BCUT2D eigenvalue weighted by atomic mass is 10.1. The van der Waals surface area contributed by atoms with Crippen LogP contribution >= 0.6 is 35.0 Å². The van der Waals surface area contributed by atoms with Crippen molar-refractivity contribution in [3.63, 3.8) is 0 Å². The van der Waals surface area contributed by atoms with E-state index in [2.05, 4.69) is 5.32 Å². The molecule has 0 bridgehead atoms. The van der Waals surface area contributed by atoms with Crippen molar-refractivity contribution >= 4 is 63.8 Å². The number of anilines is 3. The molecule has 32 heavy (non-hydrogen) atoms. The van der Waals surface area contributed by atoms with Crippen LogP contribution in [0.3, 0.4) is 0 Å². The summed E-state index contributed by atoms with van der Waals surface area (Å²) in [5.74, 6) is 0.231. The molecular formula is C24H21Cl2N3O2S. The first-order valence-corrected chi connectivity index (χ1v) is 11.7. The fraction of sp³-hybridized carbons (Fsp3) is 0.167. The number of halogens is 2. The van der Waals surface area contributed by atoms with Crippen LogP contribution in [0.15, 0.2) is 66.7 Å². The minimum Gasteiger partial charge on any atom is -0.378 e. The predicted octanol–water partition coefficient (Wildman–Crippen LogP) is 6.09. The first-order valence-electron chi connectivity index (χ1n) is 9.91. The van der Waals surface area contributed by atoms with Gasteiger partial charge in [0.15, 0.2) is 0 Å². The van der Waals surface area contributed by atoms with Crippen LogP contribution < -0.4 is 15.1 Å². The van der Waals surface area contributed by atoms with Crippen molar-refractivity contribution in [2.45, 2.75) is 5.37 Å². The van der Waals surface area contributed by atoms with Gasteiger partial charge in [-0.15, -0.1) is 11.8 Å². The predicted molar refractivity (Wildman–Crippen MR) is 134 cm³/mol. The summed E-state index contributed by atoms with van der Waals surface area (Å²) in [5.41, 5.74) is 4.01. The Morgan fingerprint density at radius 3 is 2.31 bits per heavy atom. The Bertz CT molecular complexity index is 1150. The van der Waals surface area contributed by atoms with E-state index in [0.717, 1.165) is 16.9 Å². The number of thioether (sulfide) groups is 1. The van der Waals surface area contributed by atoms with E-state index in [9.17, 15) is 9.59 Å². The van der Waals surface area contributed by atoms with Gasteiger partial charge in [0, 0.05) is 36.7 Å². The Kier molecular flexibility index (Phi) is 6.65. The van der Waals surface area contributed by atoms with Crippen molar-refractivity contribution in [1.29, 1.82) is 0 Å². The van der Waals surface area contributed by atoms with Gasteiger partial charge in [-0.2, -0.15) is 0 Å². The van der Waals surface area contributed by atoms with Gasteiger partial charge in [0.25, 0.3) is 5.91 Å². The molecule has 1 atom stereocenters. The Labute approximate surface area is 201 Å². The van der Waals surface area contributed by atoms with Crippen molar-refractivity contribution in [1.82, 2.24) is 0 Å². The summed E-state index contributed by atoms with van der Waals surface area (Å²) in [6, 6.07) is 20.2. The van der Waals surface area contributed by atoms with Gasteiger partial charge in [-0.1, -0.05) is 35.3 Å². The lowest BCUT2D eigenvalue weighted by molar-refractivity contribution is -0.115. The van der Waals surface area contributed by atoms with Gasteiger partial charge in [-0.3, -0.25) is 14.5 Å². The second-order valence-corrected chi connectivity index (χ2v) is 9.43. The number of nitrogens with zero attached hydrogens (tertiary/aromatic N) is 2. The van der Waals surface area contributed by atoms with Gasteiger partial charge < -0.3 is 10.2 Å². The minimum atomic E-state index is -0.274. The number of hydrogen-bond acceptors (Lipinski definition) is 4. The maximum absolute atomic E-state index is 12.6. The number of carbonyl (C=O) groups is 2. The summed E-state index contributed by atoms with van der Waals surface area (Å²) >= 11 is 13.5. The lowest BCUT2D eigenvalue weighted by Crippen LogP contribution is -2.27. The molecule has 2 amide bonds. The second kappa shape index (κ2) is 9.45. The molecule has 0 radical (unpaired) electrons. The van der Waals surface area contributed by atoms with Crippen molar-refractivity contribution in [3.8, 4) is 0 Å². The lowest BCUT2D eigenvalue weighted by Gasteiger charge is -2.25. The first kappa shape index (κ1) is 22.5. The van der Waals surface area contributed by atoms with Crippen LogP contribution in [-0.4, -0.2) is 31.7 Å². The Morgan fingerprint density at radius 1 is 1.00 bits per heavy atom. The van der Waals surface area contributed by atoms with Crippen LogP contribution in [0.4, 0.5) is 17.1 Å². The van der Waals surface area contributed by atoms with Gasteiger partial charge in [0.2, 0.25) is 5.91 Å². The number of rotatable bonds is 5. The molecule has 0 spiro atoms. The van der Waals surface area contributed by atoms with Crippen LogP contribution in [0.25, 0.3) is 0 Å². The van der Waals surface area contributed by atoms with Crippen molar-refractivity contribution in [3.05, 3.63) is 87.9 Å². The summed E-state index contributed by atoms with van der Waals surface area (Å²) < 4.78 is 0. The maximum Gasteiger partial charge on any atom is 0.255 e. The zero-order valence-corrected chi connectivity index (χ0v) is 19.8. The summed E-state index contributed by atoms with van der Waals surface area (Å²) in [7, 11) is 3.97. The summed E-state index contributed by atoms with van der Waals surface area (Å²) in [4.78, 5) is 29.0. The zero-order chi connectivity index (χ0) is 22.8. The van der Waals surface area contributed by atoms with Crippen molar-refractivity contribution < 1.29 is 9.59 Å². The smallest absolute Gasteiger partial charge is 0.255 e. The van der Waals surface area contributed by atoms with Crippen LogP contribution in [-0.2, 0) is 4.79 Å². The van der Waals surface area contributed by atoms with Crippen molar-refractivity contribution in [2.24, 2.45) is 0 Å². The third kappa shape index (κ3) is 4.72. The van der Waals surface area contributed by atoms with E-state index >= 15 is 0 Å². The van der Waals surface area contributed by atoms with E-state index in [0.29, 0.717) is 27.0 Å². The molecular weight excluding hydrogens is 465 g/mol. The third-order valence-corrected chi connectivity index (χ3v) is 7.10. The Hall–Kier alpha value is -2.67. The number of amides is 2. The fourth-order valence-corrected chi connectivity index (χ4v) is 4.91. The van der Waals surface area contributed by atoms with E-state index in [1.54, 1.807) is 23.9 Å². The minimum absolute atomic E-state index is 0.0783. The number of benzene rings is 3. The molecule has 8 heteroatoms. The van der Waals surface area contributed by atoms with Crippen LogP contribution in [0, 0.1) is 0 Å². The standard InChI is InChI=1S/C24H21Cl2N3O2S/c1-28(2)18-8-10-19(11-9-18)29-22(30)14-32-24(29)15-3-6-17(7-4-15)27-23(31)16-5-12-20(25)21(26)13-16/h3-13,24H,14H2,1-2H3,(H,27,31)/t24-/m0/s1. The second-order valence-electron chi connectivity index (χ2n) is 7.54. The van der Waals surface area contributed by atoms with Crippen molar-refractivity contribution in [2.75, 3.05) is 35.0 Å². The van der Waals surface area contributed by atoms with Gasteiger partial charge >= 0.3 is 0 Å². The average Bonchev–Trinajstić information content (AvgIpc) is 3.17. The van der Waals surface area contributed by atoms with E-state index in [1.807, 2.05) is 72.4 Å². The van der Waals surface area contributed by atoms with Crippen LogP contribution in [0.1, 0.15) is 21.3 Å². The quantitative estimate of drug-likeness (QED) is 0.474. The topological polar surface area (TPSA) is 52.6 Å². The van der Waals surface area contributed by atoms with Crippen LogP contribution in [0.2, 0.25) is 10.0 Å².